The van der Waals surface area contributed by atoms with E-state index < -0.39 is 0 Å². The van der Waals surface area contributed by atoms with E-state index in [-0.39, 0.29) is 30.7 Å². The summed E-state index contributed by atoms with van der Waals surface area (Å²) in [6, 6.07) is 13.5. The SMILES string of the molecule is CCC(=O)c1ccc(OCC(=O)N(C)CC(=O)Nc2ccc(OC)cc2)cc1. The molecule has 0 aliphatic heterocycles. The monoisotopic (exact) mass is 384 g/mol. The highest BCUT2D eigenvalue weighted by atomic mass is 16.5. The number of Topliss-reactive ketones (excluding diaryl/α,β-unsaturated/α-hetero) is 1. The number of ketones is 1. The van der Waals surface area contributed by atoms with Gasteiger partial charge < -0.3 is 19.7 Å². The van der Waals surface area contributed by atoms with Crippen molar-refractivity contribution < 1.29 is 23.9 Å². The van der Waals surface area contributed by atoms with E-state index in [2.05, 4.69) is 5.32 Å². The van der Waals surface area contributed by atoms with Gasteiger partial charge in [0.1, 0.15) is 11.5 Å². The molecule has 2 rings (SSSR count). The number of nitrogens with zero attached hydrogens (tertiary/aromatic N) is 1. The number of hydrogen-bond acceptors (Lipinski definition) is 5. The van der Waals surface area contributed by atoms with Crippen molar-refractivity contribution in [1.82, 2.24) is 4.90 Å². The first-order valence-corrected chi connectivity index (χ1v) is 8.87. The Morgan fingerprint density at radius 3 is 2.14 bits per heavy atom. The Kier molecular flexibility index (Phi) is 7.56. The van der Waals surface area contributed by atoms with E-state index in [1.54, 1.807) is 62.6 Å². The summed E-state index contributed by atoms with van der Waals surface area (Å²) in [6.07, 6.45) is 0.433. The van der Waals surface area contributed by atoms with E-state index in [0.717, 1.165) is 0 Å². The largest absolute Gasteiger partial charge is 0.497 e. The zero-order valence-electron chi connectivity index (χ0n) is 16.2. The molecule has 148 valence electrons. The third-order valence-corrected chi connectivity index (χ3v) is 4.04. The van der Waals surface area contributed by atoms with Crippen molar-refractivity contribution in [3.05, 3.63) is 54.1 Å². The van der Waals surface area contributed by atoms with Gasteiger partial charge in [-0.05, 0) is 48.5 Å². The van der Waals surface area contributed by atoms with Gasteiger partial charge in [-0.1, -0.05) is 6.92 Å². The lowest BCUT2D eigenvalue weighted by Gasteiger charge is -2.17. The molecule has 28 heavy (non-hydrogen) atoms. The third kappa shape index (κ3) is 6.12. The number of nitrogens with one attached hydrogen (secondary N) is 1. The Morgan fingerprint density at radius 2 is 1.57 bits per heavy atom. The zero-order chi connectivity index (χ0) is 20.5. The Balaban J connectivity index is 1.79. The van der Waals surface area contributed by atoms with Crippen LogP contribution in [0.15, 0.2) is 48.5 Å². The third-order valence-electron chi connectivity index (χ3n) is 4.04. The van der Waals surface area contributed by atoms with Crippen LogP contribution >= 0.6 is 0 Å². The normalized spacial score (nSPS) is 10.1. The van der Waals surface area contributed by atoms with E-state index in [4.69, 9.17) is 9.47 Å². The van der Waals surface area contributed by atoms with E-state index in [1.807, 2.05) is 0 Å². The first kappa shape index (κ1) is 21.0. The first-order chi connectivity index (χ1) is 13.4. The maximum absolute atomic E-state index is 12.2. The predicted molar refractivity (Wildman–Crippen MR) is 106 cm³/mol. The summed E-state index contributed by atoms with van der Waals surface area (Å²) >= 11 is 0. The standard InChI is InChI=1S/C21H24N2O5/c1-4-19(24)15-5-9-18(10-6-15)28-14-21(26)23(2)13-20(25)22-16-7-11-17(27-3)12-8-16/h5-12H,4,13-14H2,1-3H3,(H,22,25). The second-order valence-corrected chi connectivity index (χ2v) is 6.12. The van der Waals surface area contributed by atoms with Gasteiger partial charge in [-0.15, -0.1) is 0 Å². The second-order valence-electron chi connectivity index (χ2n) is 6.12. The van der Waals surface area contributed by atoms with Crippen LogP contribution in [0.3, 0.4) is 0 Å². The lowest BCUT2D eigenvalue weighted by atomic mass is 10.1. The van der Waals surface area contributed by atoms with Crippen LogP contribution in [-0.2, 0) is 9.59 Å². The Hall–Kier alpha value is -3.35. The first-order valence-electron chi connectivity index (χ1n) is 8.87. The number of carbonyl (C=O) groups is 3. The number of ether oxygens (including phenoxy) is 2. The molecule has 0 fully saturated rings. The fourth-order valence-electron chi connectivity index (χ4n) is 2.37. The Labute approximate surface area is 164 Å². The van der Waals surface area contributed by atoms with Gasteiger partial charge in [-0.2, -0.15) is 0 Å². The molecule has 0 aliphatic rings. The molecule has 7 nitrogen and oxygen atoms in total. The molecule has 0 radical (unpaired) electrons. The number of likely N-dealkylation sites (N-methyl/N-ethyl adjacent to an activating group) is 1. The number of hydrogen-bond donors (Lipinski definition) is 1. The molecule has 0 aromatic heterocycles. The van der Waals surface area contributed by atoms with Gasteiger partial charge >= 0.3 is 0 Å². The minimum atomic E-state index is -0.335. The average Bonchev–Trinajstić information content (AvgIpc) is 2.72. The molecular weight excluding hydrogens is 360 g/mol. The van der Waals surface area contributed by atoms with Crippen LogP contribution in [0.1, 0.15) is 23.7 Å². The van der Waals surface area contributed by atoms with Crippen LogP contribution in [0.4, 0.5) is 5.69 Å². The Bertz CT molecular complexity index is 816. The smallest absolute Gasteiger partial charge is 0.260 e. The van der Waals surface area contributed by atoms with Crippen molar-refractivity contribution in [1.29, 1.82) is 0 Å². The maximum Gasteiger partial charge on any atom is 0.260 e. The number of methoxy groups -OCH3 is 1. The molecule has 0 aliphatic carbocycles. The fraction of sp³-hybridized carbons (Fsp3) is 0.286. The van der Waals surface area contributed by atoms with Crippen LogP contribution in [-0.4, -0.2) is 49.8 Å². The van der Waals surface area contributed by atoms with E-state index in [1.165, 1.54) is 11.9 Å². The van der Waals surface area contributed by atoms with Crippen molar-refractivity contribution in [3.63, 3.8) is 0 Å². The van der Waals surface area contributed by atoms with E-state index >= 15 is 0 Å². The molecule has 0 spiro atoms. The molecule has 0 atom stereocenters. The lowest BCUT2D eigenvalue weighted by molar-refractivity contribution is -0.135. The zero-order valence-corrected chi connectivity index (χ0v) is 16.2. The average molecular weight is 384 g/mol. The highest BCUT2D eigenvalue weighted by Crippen LogP contribution is 2.15. The number of anilines is 1. The van der Waals surface area contributed by atoms with Gasteiger partial charge in [-0.25, -0.2) is 0 Å². The molecule has 0 bridgehead atoms. The predicted octanol–water partition coefficient (Wildman–Crippen LogP) is 2.76. The molecule has 2 aromatic carbocycles. The molecule has 0 saturated heterocycles. The summed E-state index contributed by atoms with van der Waals surface area (Å²) in [5.41, 5.74) is 1.22. The molecule has 7 heteroatoms. The Morgan fingerprint density at radius 1 is 0.964 bits per heavy atom. The van der Waals surface area contributed by atoms with Gasteiger partial charge in [0, 0.05) is 24.7 Å². The van der Waals surface area contributed by atoms with Crippen LogP contribution in [0.25, 0.3) is 0 Å². The number of carbonyl (C=O) groups excluding carboxylic acids is 3. The molecule has 0 heterocycles. The van der Waals surface area contributed by atoms with E-state index in [9.17, 15) is 14.4 Å². The summed E-state index contributed by atoms with van der Waals surface area (Å²) in [5, 5.41) is 2.71. The highest BCUT2D eigenvalue weighted by Gasteiger charge is 2.14. The molecule has 2 aromatic rings. The summed E-state index contributed by atoms with van der Waals surface area (Å²) in [5.74, 6) is 0.568. The topological polar surface area (TPSA) is 84.9 Å². The maximum atomic E-state index is 12.2. The van der Waals surface area contributed by atoms with Crippen molar-refractivity contribution >= 4 is 23.3 Å². The lowest BCUT2D eigenvalue weighted by Crippen LogP contribution is -2.37. The minimum Gasteiger partial charge on any atom is -0.497 e. The molecule has 0 saturated carbocycles. The van der Waals surface area contributed by atoms with Gasteiger partial charge in [-0.3, -0.25) is 14.4 Å². The van der Waals surface area contributed by atoms with Gasteiger partial charge in [0.2, 0.25) is 5.91 Å². The number of rotatable bonds is 9. The molecule has 0 unspecified atom stereocenters. The van der Waals surface area contributed by atoms with Gasteiger partial charge in [0.05, 0.1) is 13.7 Å². The quantitative estimate of drug-likeness (QED) is 0.672. The van der Waals surface area contributed by atoms with Crippen LogP contribution in [0.2, 0.25) is 0 Å². The second kappa shape index (κ2) is 10.1. The molecule has 2 amide bonds. The highest BCUT2D eigenvalue weighted by molar-refractivity contribution is 5.96. The summed E-state index contributed by atoms with van der Waals surface area (Å²) in [6.45, 7) is 1.50. The van der Waals surface area contributed by atoms with Crippen molar-refractivity contribution in [2.24, 2.45) is 0 Å². The van der Waals surface area contributed by atoms with Crippen molar-refractivity contribution in [2.75, 3.05) is 32.6 Å². The summed E-state index contributed by atoms with van der Waals surface area (Å²) in [7, 11) is 3.09. The fourth-order valence-corrected chi connectivity index (χ4v) is 2.37. The van der Waals surface area contributed by atoms with Gasteiger partial charge in [0.15, 0.2) is 12.4 Å². The molecule has 1 N–H and O–H groups in total. The number of amides is 2. The van der Waals surface area contributed by atoms with Crippen LogP contribution in [0.5, 0.6) is 11.5 Å². The number of benzene rings is 2. The van der Waals surface area contributed by atoms with Crippen LogP contribution in [0, 0.1) is 0 Å². The molecular formula is C21H24N2O5. The van der Waals surface area contributed by atoms with E-state index in [0.29, 0.717) is 29.2 Å². The minimum absolute atomic E-state index is 0.0465. The summed E-state index contributed by atoms with van der Waals surface area (Å²) in [4.78, 5) is 37.1. The van der Waals surface area contributed by atoms with Gasteiger partial charge in [0.25, 0.3) is 5.91 Å². The van der Waals surface area contributed by atoms with Crippen LogP contribution < -0.4 is 14.8 Å². The van der Waals surface area contributed by atoms with Crippen molar-refractivity contribution in [2.45, 2.75) is 13.3 Å². The van der Waals surface area contributed by atoms with Crippen molar-refractivity contribution in [3.8, 4) is 11.5 Å². The summed E-state index contributed by atoms with van der Waals surface area (Å²) < 4.78 is 10.5.